The molecule has 0 aromatic heterocycles. The third kappa shape index (κ3) is 4.42. The Bertz CT molecular complexity index is 1060. The van der Waals surface area contributed by atoms with Crippen molar-refractivity contribution in [1.82, 2.24) is 0 Å². The van der Waals surface area contributed by atoms with E-state index in [1.807, 2.05) is 30.3 Å². The molecule has 0 saturated heterocycles. The van der Waals surface area contributed by atoms with E-state index in [1.165, 1.54) is 18.2 Å². The lowest BCUT2D eigenvalue weighted by atomic mass is 10.3. The minimum absolute atomic E-state index is 0.153. The van der Waals surface area contributed by atoms with Crippen molar-refractivity contribution >= 4 is 15.5 Å². The third-order valence-corrected chi connectivity index (χ3v) is 4.70. The predicted molar refractivity (Wildman–Crippen MR) is 99.2 cm³/mol. The summed E-state index contributed by atoms with van der Waals surface area (Å²) in [6.45, 7) is 0. The first-order chi connectivity index (χ1) is 12.8. The Morgan fingerprint density at radius 3 is 1.89 bits per heavy atom. The van der Waals surface area contributed by atoms with Crippen LogP contribution in [0.4, 0.5) is 5.69 Å². The van der Waals surface area contributed by atoms with Crippen LogP contribution in [-0.4, -0.2) is 19.6 Å². The molecular weight excluding hydrogens is 370 g/mol. The monoisotopic (exact) mass is 385 g/mol. The van der Waals surface area contributed by atoms with E-state index in [0.29, 0.717) is 17.2 Å². The number of nitrogens with zero attached hydrogens (tertiary/aromatic N) is 1. The van der Waals surface area contributed by atoms with E-state index < -0.39 is 25.3 Å². The molecule has 8 heteroatoms. The first-order valence-corrected chi connectivity index (χ1v) is 9.72. The van der Waals surface area contributed by atoms with Gasteiger partial charge in [-0.05, 0) is 48.5 Å². The third-order valence-electron chi connectivity index (χ3n) is 3.57. The molecule has 0 heterocycles. The molecule has 0 N–H and O–H groups in total. The molecule has 27 heavy (non-hydrogen) atoms. The van der Waals surface area contributed by atoms with Crippen LogP contribution in [0, 0.1) is 10.1 Å². The van der Waals surface area contributed by atoms with E-state index >= 15 is 0 Å². The summed E-state index contributed by atoms with van der Waals surface area (Å²) in [7, 11) is -3.78. The van der Waals surface area contributed by atoms with Crippen LogP contribution in [0.25, 0.3) is 0 Å². The minimum Gasteiger partial charge on any atom is -0.457 e. The molecule has 0 aliphatic heterocycles. The maximum Gasteiger partial charge on any atom is 0.330 e. The van der Waals surface area contributed by atoms with Gasteiger partial charge in [-0.15, -0.1) is 0 Å². The van der Waals surface area contributed by atoms with E-state index in [0.717, 1.165) is 6.26 Å². The molecule has 0 amide bonds. The fourth-order valence-electron chi connectivity index (χ4n) is 2.39. The summed E-state index contributed by atoms with van der Waals surface area (Å²) in [5.41, 5.74) is -0.593. The molecule has 7 nitrogen and oxygen atoms in total. The maximum atomic E-state index is 11.8. The first-order valence-electron chi connectivity index (χ1n) is 7.83. The van der Waals surface area contributed by atoms with E-state index in [4.69, 9.17) is 9.47 Å². The zero-order valence-corrected chi connectivity index (χ0v) is 15.0. The Morgan fingerprint density at radius 2 is 1.33 bits per heavy atom. The van der Waals surface area contributed by atoms with Gasteiger partial charge < -0.3 is 9.47 Å². The summed E-state index contributed by atoms with van der Waals surface area (Å²) < 4.78 is 34.8. The van der Waals surface area contributed by atoms with Gasteiger partial charge in [-0.2, -0.15) is 0 Å². The average Bonchev–Trinajstić information content (AvgIpc) is 2.63. The van der Waals surface area contributed by atoms with Crippen LogP contribution in [0.3, 0.4) is 0 Å². The van der Waals surface area contributed by atoms with Crippen LogP contribution in [0.5, 0.6) is 23.0 Å². The van der Waals surface area contributed by atoms with Crippen molar-refractivity contribution in [3.8, 4) is 23.0 Å². The summed E-state index contributed by atoms with van der Waals surface area (Å²) in [5, 5.41) is 11.4. The molecule has 0 aliphatic rings. The Balaban J connectivity index is 1.86. The Morgan fingerprint density at radius 1 is 0.778 bits per heavy atom. The number of rotatable bonds is 6. The van der Waals surface area contributed by atoms with Gasteiger partial charge in [-0.3, -0.25) is 10.1 Å². The van der Waals surface area contributed by atoms with Crippen LogP contribution in [0.1, 0.15) is 0 Å². The predicted octanol–water partition coefficient (Wildman–Crippen LogP) is 4.58. The van der Waals surface area contributed by atoms with Crippen LogP contribution in [0.2, 0.25) is 0 Å². The zero-order chi connectivity index (χ0) is 19.4. The number of ether oxygens (including phenoxy) is 2. The Hall–Kier alpha value is -3.39. The molecule has 3 rings (SSSR count). The number of hydrogen-bond donors (Lipinski definition) is 0. The molecule has 0 spiro atoms. The lowest BCUT2D eigenvalue weighted by molar-refractivity contribution is -0.388. The molecule has 0 saturated carbocycles. The van der Waals surface area contributed by atoms with E-state index in [1.54, 1.807) is 24.3 Å². The summed E-state index contributed by atoms with van der Waals surface area (Å²) in [4.78, 5) is 10.2. The molecule has 3 aromatic rings. The summed E-state index contributed by atoms with van der Waals surface area (Å²) in [6.07, 6.45) is 0.912. The highest BCUT2D eigenvalue weighted by Crippen LogP contribution is 2.37. The van der Waals surface area contributed by atoms with E-state index in [9.17, 15) is 18.5 Å². The highest BCUT2D eigenvalue weighted by atomic mass is 32.2. The molecule has 0 radical (unpaired) electrons. The largest absolute Gasteiger partial charge is 0.457 e. The number of nitro benzene ring substituents is 1. The topological polar surface area (TPSA) is 95.7 Å². The molecule has 0 unspecified atom stereocenters. The molecular formula is C19H15NO6S. The van der Waals surface area contributed by atoms with Gasteiger partial charge in [-0.25, -0.2) is 8.42 Å². The van der Waals surface area contributed by atoms with Crippen molar-refractivity contribution in [2.45, 2.75) is 4.90 Å². The van der Waals surface area contributed by atoms with Crippen LogP contribution in [-0.2, 0) is 9.84 Å². The quantitative estimate of drug-likeness (QED) is 0.455. The van der Waals surface area contributed by atoms with Gasteiger partial charge in [0.1, 0.15) is 22.1 Å². The van der Waals surface area contributed by atoms with Gasteiger partial charge in [0.25, 0.3) is 0 Å². The van der Waals surface area contributed by atoms with Gasteiger partial charge in [-0.1, -0.05) is 24.3 Å². The molecule has 0 bridgehead atoms. The van der Waals surface area contributed by atoms with Crippen molar-refractivity contribution in [1.29, 1.82) is 0 Å². The molecule has 0 aliphatic carbocycles. The summed E-state index contributed by atoms with van der Waals surface area (Å²) >= 11 is 0. The second kappa shape index (κ2) is 7.46. The molecule has 0 atom stereocenters. The molecule has 3 aromatic carbocycles. The number of benzene rings is 3. The zero-order valence-electron chi connectivity index (χ0n) is 14.2. The van der Waals surface area contributed by atoms with E-state index in [-0.39, 0.29) is 5.75 Å². The maximum absolute atomic E-state index is 11.8. The van der Waals surface area contributed by atoms with E-state index in [2.05, 4.69) is 0 Å². The van der Waals surface area contributed by atoms with Gasteiger partial charge in [0, 0.05) is 6.26 Å². The number of nitro groups is 1. The van der Waals surface area contributed by atoms with Crippen molar-refractivity contribution in [3.05, 3.63) is 82.9 Å². The first kappa shape index (κ1) is 18.4. The normalized spacial score (nSPS) is 11.0. The number of hydrogen-bond acceptors (Lipinski definition) is 6. The highest BCUT2D eigenvalue weighted by Gasteiger charge is 2.27. The molecule has 138 valence electrons. The average molecular weight is 385 g/mol. The Kier molecular flexibility index (Phi) is 5.09. The fourth-order valence-corrected chi connectivity index (χ4v) is 3.24. The van der Waals surface area contributed by atoms with Crippen molar-refractivity contribution in [2.24, 2.45) is 0 Å². The van der Waals surface area contributed by atoms with Gasteiger partial charge >= 0.3 is 5.69 Å². The second-order valence-corrected chi connectivity index (χ2v) is 7.60. The van der Waals surface area contributed by atoms with Crippen molar-refractivity contribution in [3.63, 3.8) is 0 Å². The summed E-state index contributed by atoms with van der Waals surface area (Å²) in [5.74, 6) is 1.39. The van der Waals surface area contributed by atoms with Crippen LogP contribution < -0.4 is 9.47 Å². The minimum atomic E-state index is -3.78. The lowest BCUT2D eigenvalue weighted by Gasteiger charge is -2.10. The van der Waals surface area contributed by atoms with Crippen molar-refractivity contribution in [2.75, 3.05) is 6.26 Å². The summed E-state index contributed by atoms with van der Waals surface area (Å²) in [6, 6.07) is 19.6. The highest BCUT2D eigenvalue weighted by molar-refractivity contribution is 7.90. The van der Waals surface area contributed by atoms with Crippen LogP contribution in [0.15, 0.2) is 77.7 Å². The van der Waals surface area contributed by atoms with Crippen molar-refractivity contribution < 1.29 is 22.8 Å². The fraction of sp³-hybridized carbons (Fsp3) is 0.0526. The van der Waals surface area contributed by atoms with Crippen LogP contribution >= 0.6 is 0 Å². The number of sulfone groups is 1. The van der Waals surface area contributed by atoms with Gasteiger partial charge in [0.05, 0.1) is 4.92 Å². The standard InChI is InChI=1S/C19H15NO6S/c1-27(23,24)18-9-5-8-17(19(18)20(21)22)26-16-12-10-15(11-13-16)25-14-6-3-2-4-7-14/h2-13H,1H3. The lowest BCUT2D eigenvalue weighted by Crippen LogP contribution is -2.04. The number of para-hydroxylation sites is 2. The SMILES string of the molecule is CS(=O)(=O)c1cccc(Oc2ccc(Oc3ccccc3)cc2)c1[N+](=O)[O-]. The second-order valence-electron chi connectivity index (χ2n) is 5.62. The van der Waals surface area contributed by atoms with Gasteiger partial charge in [0.15, 0.2) is 9.84 Å². The Labute approximate surface area is 155 Å². The van der Waals surface area contributed by atoms with Gasteiger partial charge in [0.2, 0.25) is 5.75 Å². The smallest absolute Gasteiger partial charge is 0.330 e. The molecule has 0 fully saturated rings.